The third-order valence-corrected chi connectivity index (χ3v) is 2.42. The standard InChI is InChI=1S/C12H17N3O4/c1-2-19-7-3-6-14-12(16)10-8-9(13)4-5-11(10)15(17)18/h4-5,8H,2-3,6-7,13H2,1H3,(H,14,16). The zero-order chi connectivity index (χ0) is 14.3. The van der Waals surface area contributed by atoms with Crippen LogP contribution in [0, 0.1) is 10.1 Å². The normalized spacial score (nSPS) is 10.2. The number of anilines is 1. The van der Waals surface area contributed by atoms with Crippen LogP contribution in [0.25, 0.3) is 0 Å². The Morgan fingerprint density at radius 3 is 2.89 bits per heavy atom. The van der Waals surface area contributed by atoms with Crippen molar-refractivity contribution in [3.05, 3.63) is 33.9 Å². The molecule has 19 heavy (non-hydrogen) atoms. The van der Waals surface area contributed by atoms with Crippen molar-refractivity contribution in [3.63, 3.8) is 0 Å². The Bertz CT molecular complexity index is 462. The molecule has 1 amide bonds. The van der Waals surface area contributed by atoms with Crippen LogP contribution in [0.5, 0.6) is 0 Å². The number of carbonyl (C=O) groups is 1. The van der Waals surface area contributed by atoms with Crippen LogP contribution in [0.15, 0.2) is 18.2 Å². The number of nitro groups is 1. The van der Waals surface area contributed by atoms with Crippen LogP contribution in [0.4, 0.5) is 11.4 Å². The van der Waals surface area contributed by atoms with Gasteiger partial charge in [0.1, 0.15) is 5.56 Å². The van der Waals surface area contributed by atoms with Crippen molar-refractivity contribution in [3.8, 4) is 0 Å². The van der Waals surface area contributed by atoms with Gasteiger partial charge in [-0.1, -0.05) is 0 Å². The molecule has 0 aliphatic heterocycles. The molecule has 0 unspecified atom stereocenters. The monoisotopic (exact) mass is 267 g/mol. The molecule has 0 atom stereocenters. The average molecular weight is 267 g/mol. The van der Waals surface area contributed by atoms with Crippen LogP contribution < -0.4 is 11.1 Å². The van der Waals surface area contributed by atoms with Crippen LogP contribution in [-0.2, 0) is 4.74 Å². The minimum absolute atomic E-state index is 0.0265. The minimum atomic E-state index is -0.603. The number of amides is 1. The number of benzene rings is 1. The fourth-order valence-corrected chi connectivity index (χ4v) is 1.51. The van der Waals surface area contributed by atoms with Gasteiger partial charge in [-0.3, -0.25) is 14.9 Å². The SMILES string of the molecule is CCOCCCNC(=O)c1cc(N)ccc1[N+](=O)[O-]. The van der Waals surface area contributed by atoms with Crippen molar-refractivity contribution >= 4 is 17.3 Å². The third-order valence-electron chi connectivity index (χ3n) is 2.42. The van der Waals surface area contributed by atoms with Gasteiger partial charge in [0.25, 0.3) is 11.6 Å². The van der Waals surface area contributed by atoms with Gasteiger partial charge in [-0.25, -0.2) is 0 Å². The first-order valence-corrected chi connectivity index (χ1v) is 5.96. The van der Waals surface area contributed by atoms with Crippen molar-refractivity contribution in [2.75, 3.05) is 25.5 Å². The molecule has 7 nitrogen and oxygen atoms in total. The van der Waals surface area contributed by atoms with Gasteiger partial charge in [0.2, 0.25) is 0 Å². The highest BCUT2D eigenvalue weighted by Gasteiger charge is 2.19. The number of hydrogen-bond donors (Lipinski definition) is 2. The predicted octanol–water partition coefficient (Wildman–Crippen LogP) is 1.33. The lowest BCUT2D eigenvalue weighted by atomic mass is 10.1. The highest BCUT2D eigenvalue weighted by molar-refractivity contribution is 5.99. The Kier molecular flexibility index (Phi) is 5.74. The molecular formula is C12H17N3O4. The van der Waals surface area contributed by atoms with E-state index < -0.39 is 10.8 Å². The maximum Gasteiger partial charge on any atom is 0.282 e. The molecule has 1 aromatic rings. The molecule has 0 aromatic heterocycles. The van der Waals surface area contributed by atoms with Crippen LogP contribution in [-0.4, -0.2) is 30.6 Å². The van der Waals surface area contributed by atoms with Gasteiger partial charge in [0, 0.05) is 31.5 Å². The second-order valence-corrected chi connectivity index (χ2v) is 3.84. The van der Waals surface area contributed by atoms with Crippen molar-refractivity contribution in [2.45, 2.75) is 13.3 Å². The summed E-state index contributed by atoms with van der Waals surface area (Å²) in [5.41, 5.74) is 5.57. The molecule has 0 spiro atoms. The molecule has 1 aromatic carbocycles. The highest BCUT2D eigenvalue weighted by atomic mass is 16.6. The second kappa shape index (κ2) is 7.32. The van der Waals surface area contributed by atoms with Gasteiger partial charge in [-0.05, 0) is 25.5 Å². The molecule has 0 aliphatic carbocycles. The number of nitrogens with two attached hydrogens (primary N) is 1. The van der Waals surface area contributed by atoms with E-state index in [4.69, 9.17) is 10.5 Å². The summed E-state index contributed by atoms with van der Waals surface area (Å²) in [5.74, 6) is -0.504. The topological polar surface area (TPSA) is 107 Å². The fourth-order valence-electron chi connectivity index (χ4n) is 1.51. The van der Waals surface area contributed by atoms with Crippen LogP contribution in [0.2, 0.25) is 0 Å². The molecule has 0 fully saturated rings. The van der Waals surface area contributed by atoms with E-state index in [1.54, 1.807) is 0 Å². The molecule has 0 saturated heterocycles. The molecule has 0 radical (unpaired) electrons. The summed E-state index contributed by atoms with van der Waals surface area (Å²) in [6, 6.07) is 3.92. The maximum absolute atomic E-state index is 11.8. The van der Waals surface area contributed by atoms with E-state index in [1.807, 2.05) is 6.92 Å². The summed E-state index contributed by atoms with van der Waals surface area (Å²) in [4.78, 5) is 22.1. The zero-order valence-electron chi connectivity index (χ0n) is 10.7. The maximum atomic E-state index is 11.8. The number of nitrogen functional groups attached to an aromatic ring is 1. The van der Waals surface area contributed by atoms with Gasteiger partial charge in [0.15, 0.2) is 0 Å². The lowest BCUT2D eigenvalue weighted by Crippen LogP contribution is -2.26. The molecule has 104 valence electrons. The molecule has 7 heteroatoms. The van der Waals surface area contributed by atoms with Gasteiger partial charge in [-0.2, -0.15) is 0 Å². The molecule has 3 N–H and O–H groups in total. The lowest BCUT2D eigenvalue weighted by Gasteiger charge is -2.06. The number of ether oxygens (including phenoxy) is 1. The summed E-state index contributed by atoms with van der Waals surface area (Å²) in [7, 11) is 0. The number of rotatable bonds is 7. The lowest BCUT2D eigenvalue weighted by molar-refractivity contribution is -0.385. The summed E-state index contributed by atoms with van der Waals surface area (Å²) >= 11 is 0. The Hall–Kier alpha value is -2.15. The third kappa shape index (κ3) is 4.55. The second-order valence-electron chi connectivity index (χ2n) is 3.84. The van der Waals surface area contributed by atoms with Crippen molar-refractivity contribution in [2.24, 2.45) is 0 Å². The number of nitrogens with one attached hydrogen (secondary N) is 1. The van der Waals surface area contributed by atoms with Gasteiger partial charge >= 0.3 is 0 Å². The predicted molar refractivity (Wildman–Crippen MR) is 71.0 cm³/mol. The fraction of sp³-hybridized carbons (Fsp3) is 0.417. The first kappa shape index (κ1) is 14.9. The molecule has 0 heterocycles. The largest absolute Gasteiger partial charge is 0.399 e. The Morgan fingerprint density at radius 2 is 2.26 bits per heavy atom. The summed E-state index contributed by atoms with van der Waals surface area (Å²) in [6.07, 6.45) is 0.649. The molecule has 0 aliphatic rings. The van der Waals surface area contributed by atoms with E-state index in [2.05, 4.69) is 5.32 Å². The minimum Gasteiger partial charge on any atom is -0.399 e. The van der Waals surface area contributed by atoms with Gasteiger partial charge < -0.3 is 15.8 Å². The number of hydrogen-bond acceptors (Lipinski definition) is 5. The average Bonchev–Trinajstić information content (AvgIpc) is 2.37. The first-order chi connectivity index (χ1) is 9.06. The van der Waals surface area contributed by atoms with Crippen molar-refractivity contribution in [1.82, 2.24) is 5.32 Å². The molecule has 0 saturated carbocycles. The first-order valence-electron chi connectivity index (χ1n) is 5.96. The molecule has 1 rings (SSSR count). The quantitative estimate of drug-likeness (QED) is 0.335. The van der Waals surface area contributed by atoms with Crippen LogP contribution in [0.1, 0.15) is 23.7 Å². The van der Waals surface area contributed by atoms with Gasteiger partial charge in [0.05, 0.1) is 4.92 Å². The van der Waals surface area contributed by atoms with Crippen molar-refractivity contribution in [1.29, 1.82) is 0 Å². The van der Waals surface area contributed by atoms with E-state index in [9.17, 15) is 14.9 Å². The highest BCUT2D eigenvalue weighted by Crippen LogP contribution is 2.20. The summed E-state index contributed by atoms with van der Waals surface area (Å²) < 4.78 is 5.12. The Balaban J connectivity index is 2.65. The van der Waals surface area contributed by atoms with E-state index in [1.165, 1.54) is 18.2 Å². The summed E-state index contributed by atoms with van der Waals surface area (Å²) in [6.45, 7) is 3.43. The Labute approximate surface area is 110 Å². The van der Waals surface area contributed by atoms with E-state index >= 15 is 0 Å². The van der Waals surface area contributed by atoms with E-state index in [0.717, 1.165) is 0 Å². The zero-order valence-corrected chi connectivity index (χ0v) is 10.7. The smallest absolute Gasteiger partial charge is 0.282 e. The van der Waals surface area contributed by atoms with Crippen LogP contribution >= 0.6 is 0 Å². The number of nitrogens with zero attached hydrogens (tertiary/aromatic N) is 1. The number of carbonyl (C=O) groups excluding carboxylic acids is 1. The van der Waals surface area contributed by atoms with E-state index in [-0.39, 0.29) is 11.3 Å². The molecule has 0 bridgehead atoms. The van der Waals surface area contributed by atoms with Crippen LogP contribution in [0.3, 0.4) is 0 Å². The molecular weight excluding hydrogens is 250 g/mol. The van der Waals surface area contributed by atoms with Crippen molar-refractivity contribution < 1.29 is 14.5 Å². The van der Waals surface area contributed by atoms with E-state index in [0.29, 0.717) is 31.9 Å². The number of nitro benzene ring substituents is 1. The van der Waals surface area contributed by atoms with Gasteiger partial charge in [-0.15, -0.1) is 0 Å². The Morgan fingerprint density at radius 1 is 1.53 bits per heavy atom. The summed E-state index contributed by atoms with van der Waals surface area (Å²) in [5, 5.41) is 13.4.